The molecule has 0 saturated heterocycles. The molecule has 9 nitrogen and oxygen atoms in total. The summed E-state index contributed by atoms with van der Waals surface area (Å²) in [5.74, 6) is -0.322. The molecule has 0 spiro atoms. The molecule has 0 aliphatic heterocycles. The second-order valence-electron chi connectivity index (χ2n) is 3.37. The number of nitrogens with two attached hydrogens (primary N) is 1. The number of hydrogen-bond donors (Lipinski definition) is 1. The van der Waals surface area contributed by atoms with Gasteiger partial charge in [0, 0.05) is 6.20 Å². The Morgan fingerprint density at radius 2 is 2.21 bits per heavy atom. The SMILES string of the molecule is CCOC(=O)c1cnn(-c2nc(N)nc(OC)n2)c1. The highest BCUT2D eigenvalue weighted by Crippen LogP contribution is 2.09. The van der Waals surface area contributed by atoms with E-state index in [4.69, 9.17) is 15.2 Å². The van der Waals surface area contributed by atoms with E-state index in [2.05, 4.69) is 20.1 Å². The summed E-state index contributed by atoms with van der Waals surface area (Å²) in [4.78, 5) is 23.1. The van der Waals surface area contributed by atoms with Crippen LogP contribution in [0.5, 0.6) is 6.01 Å². The number of anilines is 1. The Morgan fingerprint density at radius 1 is 1.42 bits per heavy atom. The maximum Gasteiger partial charge on any atom is 0.341 e. The summed E-state index contributed by atoms with van der Waals surface area (Å²) in [6, 6.07) is 0.0654. The van der Waals surface area contributed by atoms with Crippen LogP contribution in [0.1, 0.15) is 17.3 Å². The van der Waals surface area contributed by atoms with E-state index in [1.165, 1.54) is 24.2 Å². The van der Waals surface area contributed by atoms with E-state index in [0.29, 0.717) is 5.56 Å². The van der Waals surface area contributed by atoms with Gasteiger partial charge < -0.3 is 15.2 Å². The number of carbonyl (C=O) groups excluding carboxylic acids is 1. The van der Waals surface area contributed by atoms with E-state index in [-0.39, 0.29) is 24.5 Å². The molecule has 9 heteroatoms. The van der Waals surface area contributed by atoms with Crippen molar-refractivity contribution in [2.45, 2.75) is 6.92 Å². The van der Waals surface area contributed by atoms with Gasteiger partial charge in [-0.3, -0.25) is 0 Å². The molecule has 0 amide bonds. The van der Waals surface area contributed by atoms with Crippen LogP contribution in [0.2, 0.25) is 0 Å². The first-order chi connectivity index (χ1) is 9.13. The number of hydrogen-bond acceptors (Lipinski definition) is 8. The molecule has 0 bridgehead atoms. The molecule has 2 heterocycles. The van der Waals surface area contributed by atoms with Crippen LogP contribution in [0, 0.1) is 0 Å². The van der Waals surface area contributed by atoms with Gasteiger partial charge in [-0.15, -0.1) is 0 Å². The van der Waals surface area contributed by atoms with E-state index >= 15 is 0 Å². The van der Waals surface area contributed by atoms with Crippen molar-refractivity contribution in [1.29, 1.82) is 0 Å². The quantitative estimate of drug-likeness (QED) is 0.756. The smallest absolute Gasteiger partial charge is 0.341 e. The summed E-state index contributed by atoms with van der Waals surface area (Å²) in [7, 11) is 1.41. The largest absolute Gasteiger partial charge is 0.467 e. The van der Waals surface area contributed by atoms with E-state index in [1.807, 2.05) is 0 Å². The van der Waals surface area contributed by atoms with Crippen LogP contribution in [0.4, 0.5) is 5.95 Å². The third-order valence-electron chi connectivity index (χ3n) is 2.10. The fraction of sp³-hybridized carbons (Fsp3) is 0.300. The molecule has 2 N–H and O–H groups in total. The molecule has 0 aliphatic carbocycles. The number of rotatable bonds is 4. The lowest BCUT2D eigenvalue weighted by atomic mass is 10.4. The lowest BCUT2D eigenvalue weighted by molar-refractivity contribution is 0.0526. The minimum absolute atomic E-state index is 0.00460. The first-order valence-electron chi connectivity index (χ1n) is 5.41. The zero-order chi connectivity index (χ0) is 13.8. The van der Waals surface area contributed by atoms with Crippen LogP contribution in [0.25, 0.3) is 5.95 Å². The lowest BCUT2D eigenvalue weighted by Gasteiger charge is -2.02. The van der Waals surface area contributed by atoms with E-state index in [1.54, 1.807) is 6.92 Å². The molecule has 0 aromatic carbocycles. The Labute approximate surface area is 108 Å². The van der Waals surface area contributed by atoms with Gasteiger partial charge in [0.2, 0.25) is 5.95 Å². The first kappa shape index (κ1) is 12.7. The van der Waals surface area contributed by atoms with Gasteiger partial charge in [-0.2, -0.15) is 20.1 Å². The Kier molecular flexibility index (Phi) is 3.55. The van der Waals surface area contributed by atoms with Gasteiger partial charge in [0.05, 0.1) is 25.5 Å². The molecule has 0 aliphatic rings. The van der Waals surface area contributed by atoms with Gasteiger partial charge in [-0.25, -0.2) is 9.48 Å². The summed E-state index contributed by atoms with van der Waals surface area (Å²) in [5, 5.41) is 3.96. The number of esters is 1. The van der Waals surface area contributed by atoms with Gasteiger partial charge in [0.15, 0.2) is 0 Å². The predicted octanol–water partition coefficient (Wildman–Crippen LogP) is -0.175. The highest BCUT2D eigenvalue weighted by molar-refractivity contribution is 5.88. The maximum absolute atomic E-state index is 11.5. The van der Waals surface area contributed by atoms with E-state index < -0.39 is 5.97 Å². The first-order valence-corrected chi connectivity index (χ1v) is 5.41. The highest BCUT2D eigenvalue weighted by atomic mass is 16.5. The average Bonchev–Trinajstić information content (AvgIpc) is 2.88. The molecule has 2 aromatic rings. The number of nitrogen functional groups attached to an aromatic ring is 1. The Morgan fingerprint density at radius 3 is 2.89 bits per heavy atom. The number of methoxy groups -OCH3 is 1. The molecule has 2 rings (SSSR count). The second kappa shape index (κ2) is 5.29. The molecular formula is C10H12N6O3. The molecule has 0 radical (unpaired) electrons. The van der Waals surface area contributed by atoms with Crippen molar-refractivity contribution in [1.82, 2.24) is 24.7 Å². The van der Waals surface area contributed by atoms with Gasteiger partial charge >= 0.3 is 12.0 Å². The van der Waals surface area contributed by atoms with Gasteiger partial charge in [-0.1, -0.05) is 0 Å². The molecule has 0 saturated carbocycles. The van der Waals surface area contributed by atoms with E-state index in [0.717, 1.165) is 0 Å². The van der Waals surface area contributed by atoms with Crippen LogP contribution in [-0.4, -0.2) is 44.4 Å². The monoisotopic (exact) mass is 264 g/mol. The Hall–Kier alpha value is -2.71. The van der Waals surface area contributed by atoms with Gasteiger partial charge in [0.25, 0.3) is 5.95 Å². The molecular weight excluding hydrogens is 252 g/mol. The highest BCUT2D eigenvalue weighted by Gasteiger charge is 2.13. The molecule has 2 aromatic heterocycles. The number of carbonyl (C=O) groups is 1. The maximum atomic E-state index is 11.5. The summed E-state index contributed by atoms with van der Waals surface area (Å²) in [6.07, 6.45) is 2.79. The predicted molar refractivity (Wildman–Crippen MR) is 63.9 cm³/mol. The van der Waals surface area contributed by atoms with Crippen LogP contribution in [-0.2, 0) is 4.74 Å². The number of ether oxygens (including phenoxy) is 2. The summed E-state index contributed by atoms with van der Waals surface area (Å²) in [5.41, 5.74) is 5.80. The van der Waals surface area contributed by atoms with Crippen LogP contribution < -0.4 is 10.5 Å². The number of nitrogens with zero attached hydrogens (tertiary/aromatic N) is 5. The zero-order valence-electron chi connectivity index (χ0n) is 10.4. The molecule has 0 fully saturated rings. The van der Waals surface area contributed by atoms with Crippen LogP contribution in [0.15, 0.2) is 12.4 Å². The van der Waals surface area contributed by atoms with Crippen molar-refractivity contribution >= 4 is 11.9 Å². The minimum Gasteiger partial charge on any atom is -0.467 e. The van der Waals surface area contributed by atoms with Crippen molar-refractivity contribution in [3.63, 3.8) is 0 Å². The van der Waals surface area contributed by atoms with Crippen molar-refractivity contribution in [3.8, 4) is 12.0 Å². The normalized spacial score (nSPS) is 10.2. The molecule has 0 unspecified atom stereocenters. The average molecular weight is 264 g/mol. The van der Waals surface area contributed by atoms with Crippen molar-refractivity contribution in [2.75, 3.05) is 19.5 Å². The Balaban J connectivity index is 2.32. The molecule has 100 valence electrons. The van der Waals surface area contributed by atoms with Crippen LogP contribution in [0.3, 0.4) is 0 Å². The summed E-state index contributed by atoms with van der Waals surface area (Å²) < 4.78 is 11.0. The molecule has 19 heavy (non-hydrogen) atoms. The molecule has 0 atom stereocenters. The lowest BCUT2D eigenvalue weighted by Crippen LogP contribution is -2.08. The zero-order valence-corrected chi connectivity index (χ0v) is 10.4. The standard InChI is InChI=1S/C10H12N6O3/c1-3-19-7(17)6-4-12-16(5-6)9-13-8(11)14-10(15-9)18-2/h4-5H,3H2,1-2H3,(H2,11,13,14,15). The fourth-order valence-corrected chi connectivity index (χ4v) is 1.31. The minimum atomic E-state index is -0.470. The second-order valence-corrected chi connectivity index (χ2v) is 3.37. The Bertz CT molecular complexity index is 597. The fourth-order valence-electron chi connectivity index (χ4n) is 1.31. The van der Waals surface area contributed by atoms with Crippen molar-refractivity contribution in [2.24, 2.45) is 0 Å². The van der Waals surface area contributed by atoms with Crippen LogP contribution >= 0.6 is 0 Å². The summed E-state index contributed by atoms with van der Waals surface area (Å²) in [6.45, 7) is 2.01. The third kappa shape index (κ3) is 2.76. The summed E-state index contributed by atoms with van der Waals surface area (Å²) >= 11 is 0. The van der Waals surface area contributed by atoms with Gasteiger partial charge in [-0.05, 0) is 6.92 Å². The third-order valence-corrected chi connectivity index (χ3v) is 2.10. The topological polar surface area (TPSA) is 118 Å². The van der Waals surface area contributed by atoms with Crippen molar-refractivity contribution in [3.05, 3.63) is 18.0 Å². The van der Waals surface area contributed by atoms with E-state index in [9.17, 15) is 4.79 Å². The number of aromatic nitrogens is 5. The van der Waals surface area contributed by atoms with Gasteiger partial charge in [0.1, 0.15) is 0 Å². The van der Waals surface area contributed by atoms with Crippen molar-refractivity contribution < 1.29 is 14.3 Å².